The summed E-state index contributed by atoms with van der Waals surface area (Å²) in [6.45, 7) is 8.71. The van der Waals surface area contributed by atoms with Crippen molar-refractivity contribution in [2.24, 2.45) is 5.92 Å². The molecule has 3 unspecified atom stereocenters. The van der Waals surface area contributed by atoms with Gasteiger partial charge in [0, 0.05) is 12.0 Å². The molecule has 3 atom stereocenters. The van der Waals surface area contributed by atoms with Gasteiger partial charge in [0.15, 0.2) is 0 Å². The topological polar surface area (TPSA) is 21.3 Å². The van der Waals surface area contributed by atoms with E-state index in [0.29, 0.717) is 17.9 Å². The predicted octanol–water partition coefficient (Wildman–Crippen LogP) is 3.58. The van der Waals surface area contributed by atoms with Gasteiger partial charge in [-0.25, -0.2) is 0 Å². The molecule has 2 rings (SSSR count). The van der Waals surface area contributed by atoms with Gasteiger partial charge in [-0.05, 0) is 30.5 Å². The van der Waals surface area contributed by atoms with Crippen LogP contribution in [-0.4, -0.2) is 19.2 Å². The second-order valence-corrected chi connectivity index (χ2v) is 5.25. The molecule has 2 nitrogen and oxygen atoms in total. The summed E-state index contributed by atoms with van der Waals surface area (Å²) in [5.74, 6) is 2.37. The molecule has 0 radical (unpaired) electrons. The number of likely N-dealkylation sites (N-methyl/N-ethyl adjacent to an activating group) is 1. The first-order valence-electron chi connectivity index (χ1n) is 7.23. The van der Waals surface area contributed by atoms with E-state index in [9.17, 15) is 0 Å². The van der Waals surface area contributed by atoms with Crippen LogP contribution in [0.15, 0.2) is 24.3 Å². The summed E-state index contributed by atoms with van der Waals surface area (Å²) in [6.07, 6.45) is 2.34. The fraction of sp³-hybridized carbons (Fsp3) is 0.625. The Morgan fingerprint density at radius 1 is 1.33 bits per heavy atom. The molecule has 1 aromatic carbocycles. The van der Waals surface area contributed by atoms with Crippen molar-refractivity contribution in [1.82, 2.24) is 5.32 Å². The van der Waals surface area contributed by atoms with Gasteiger partial charge in [-0.3, -0.25) is 0 Å². The van der Waals surface area contributed by atoms with Gasteiger partial charge in [0.05, 0.1) is 6.61 Å². The minimum absolute atomic E-state index is 0.560. The van der Waals surface area contributed by atoms with Crippen LogP contribution in [0.25, 0.3) is 0 Å². The van der Waals surface area contributed by atoms with Crippen LogP contribution in [0.2, 0.25) is 0 Å². The van der Waals surface area contributed by atoms with E-state index in [0.717, 1.165) is 25.3 Å². The first-order valence-corrected chi connectivity index (χ1v) is 7.23. The minimum atomic E-state index is 0.560. The SMILES string of the molecule is CCNC(C(C)CC)C1CCOc2ccccc21. The van der Waals surface area contributed by atoms with Crippen LogP contribution in [0.1, 0.15) is 45.1 Å². The highest BCUT2D eigenvalue weighted by molar-refractivity contribution is 5.38. The first kappa shape index (κ1) is 13.4. The molecule has 0 saturated heterocycles. The lowest BCUT2D eigenvalue weighted by atomic mass is 9.80. The molecular formula is C16H25NO. The van der Waals surface area contributed by atoms with Crippen LogP contribution >= 0.6 is 0 Å². The zero-order chi connectivity index (χ0) is 13.0. The normalized spacial score (nSPS) is 21.8. The quantitative estimate of drug-likeness (QED) is 0.858. The van der Waals surface area contributed by atoms with Crippen molar-refractivity contribution in [1.29, 1.82) is 0 Å². The zero-order valence-corrected chi connectivity index (χ0v) is 11.8. The number of hydrogen-bond acceptors (Lipinski definition) is 2. The second-order valence-electron chi connectivity index (χ2n) is 5.25. The van der Waals surface area contributed by atoms with E-state index < -0.39 is 0 Å². The fourth-order valence-corrected chi connectivity index (χ4v) is 2.97. The molecule has 0 bridgehead atoms. The summed E-state index contributed by atoms with van der Waals surface area (Å²) in [5, 5.41) is 3.69. The van der Waals surface area contributed by atoms with Crippen LogP contribution in [0, 0.1) is 5.92 Å². The van der Waals surface area contributed by atoms with Gasteiger partial charge in [0.1, 0.15) is 5.75 Å². The van der Waals surface area contributed by atoms with E-state index in [2.05, 4.69) is 50.4 Å². The Kier molecular flexibility index (Phi) is 4.65. The van der Waals surface area contributed by atoms with E-state index in [-0.39, 0.29) is 0 Å². The molecule has 0 spiro atoms. The summed E-state index contributed by atoms with van der Waals surface area (Å²) < 4.78 is 5.77. The van der Waals surface area contributed by atoms with Crippen LogP contribution < -0.4 is 10.1 Å². The van der Waals surface area contributed by atoms with Gasteiger partial charge < -0.3 is 10.1 Å². The molecule has 0 fully saturated rings. The monoisotopic (exact) mass is 247 g/mol. The summed E-state index contributed by atoms with van der Waals surface area (Å²) in [4.78, 5) is 0. The summed E-state index contributed by atoms with van der Waals surface area (Å²) in [5.41, 5.74) is 1.38. The number of nitrogens with one attached hydrogen (secondary N) is 1. The number of rotatable bonds is 5. The number of benzene rings is 1. The Hall–Kier alpha value is -1.02. The highest BCUT2D eigenvalue weighted by atomic mass is 16.5. The van der Waals surface area contributed by atoms with E-state index >= 15 is 0 Å². The molecule has 0 aromatic heterocycles. The molecule has 100 valence electrons. The molecule has 1 aliphatic heterocycles. The molecule has 1 aromatic rings. The molecule has 1 N–H and O–H groups in total. The lowest BCUT2D eigenvalue weighted by Gasteiger charge is -2.36. The third-order valence-electron chi connectivity index (χ3n) is 4.14. The predicted molar refractivity (Wildman–Crippen MR) is 76.2 cm³/mol. The maximum atomic E-state index is 5.77. The van der Waals surface area contributed by atoms with E-state index in [1.54, 1.807) is 0 Å². The Bertz CT molecular complexity index is 377. The smallest absolute Gasteiger partial charge is 0.122 e. The van der Waals surface area contributed by atoms with Gasteiger partial charge >= 0.3 is 0 Å². The number of para-hydroxylation sites is 1. The molecule has 0 saturated carbocycles. The van der Waals surface area contributed by atoms with Crippen LogP contribution in [0.3, 0.4) is 0 Å². The molecule has 0 aliphatic carbocycles. The molecule has 0 amide bonds. The lowest BCUT2D eigenvalue weighted by molar-refractivity contribution is 0.221. The van der Waals surface area contributed by atoms with E-state index in [1.807, 2.05) is 0 Å². The van der Waals surface area contributed by atoms with Crippen molar-refractivity contribution in [3.8, 4) is 5.75 Å². The Balaban J connectivity index is 2.26. The molecule has 2 heteroatoms. The van der Waals surface area contributed by atoms with Gasteiger partial charge in [0.25, 0.3) is 0 Å². The van der Waals surface area contributed by atoms with Crippen molar-refractivity contribution in [3.63, 3.8) is 0 Å². The van der Waals surface area contributed by atoms with Crippen molar-refractivity contribution in [2.75, 3.05) is 13.2 Å². The lowest BCUT2D eigenvalue weighted by Crippen LogP contribution is -2.41. The van der Waals surface area contributed by atoms with Crippen LogP contribution in [0.5, 0.6) is 5.75 Å². The average Bonchev–Trinajstić information content (AvgIpc) is 2.43. The highest BCUT2D eigenvalue weighted by Crippen LogP contribution is 2.37. The molecule has 1 heterocycles. The summed E-state index contributed by atoms with van der Waals surface area (Å²) in [6, 6.07) is 9.07. The number of ether oxygens (including phenoxy) is 1. The van der Waals surface area contributed by atoms with Gasteiger partial charge in [-0.1, -0.05) is 45.4 Å². The largest absolute Gasteiger partial charge is 0.493 e. The van der Waals surface area contributed by atoms with E-state index in [1.165, 1.54) is 12.0 Å². The van der Waals surface area contributed by atoms with Crippen molar-refractivity contribution in [2.45, 2.75) is 45.6 Å². The molecule has 18 heavy (non-hydrogen) atoms. The Morgan fingerprint density at radius 3 is 2.83 bits per heavy atom. The van der Waals surface area contributed by atoms with Crippen LogP contribution in [-0.2, 0) is 0 Å². The molecule has 1 aliphatic rings. The minimum Gasteiger partial charge on any atom is -0.493 e. The van der Waals surface area contributed by atoms with E-state index in [4.69, 9.17) is 4.74 Å². The van der Waals surface area contributed by atoms with Gasteiger partial charge in [0.2, 0.25) is 0 Å². The first-order chi connectivity index (χ1) is 8.77. The maximum Gasteiger partial charge on any atom is 0.122 e. The van der Waals surface area contributed by atoms with Gasteiger partial charge in [-0.15, -0.1) is 0 Å². The zero-order valence-electron chi connectivity index (χ0n) is 11.8. The number of hydrogen-bond donors (Lipinski definition) is 1. The number of fused-ring (bicyclic) bond motifs is 1. The third-order valence-corrected chi connectivity index (χ3v) is 4.14. The van der Waals surface area contributed by atoms with Crippen molar-refractivity contribution >= 4 is 0 Å². The van der Waals surface area contributed by atoms with Crippen molar-refractivity contribution < 1.29 is 4.74 Å². The fourth-order valence-electron chi connectivity index (χ4n) is 2.97. The summed E-state index contributed by atoms with van der Waals surface area (Å²) >= 11 is 0. The molecular weight excluding hydrogens is 222 g/mol. The summed E-state index contributed by atoms with van der Waals surface area (Å²) in [7, 11) is 0. The maximum absolute atomic E-state index is 5.77. The Morgan fingerprint density at radius 2 is 2.11 bits per heavy atom. The average molecular weight is 247 g/mol. The van der Waals surface area contributed by atoms with Gasteiger partial charge in [-0.2, -0.15) is 0 Å². The Labute approximate surface area is 111 Å². The highest BCUT2D eigenvalue weighted by Gasteiger charge is 2.30. The second kappa shape index (κ2) is 6.24. The third kappa shape index (κ3) is 2.69. The van der Waals surface area contributed by atoms with Crippen LogP contribution in [0.4, 0.5) is 0 Å². The standard InChI is InChI=1S/C16H25NO/c1-4-12(3)16(17-5-2)14-10-11-18-15-9-7-6-8-13(14)15/h6-9,12,14,16-17H,4-5,10-11H2,1-3H3. The van der Waals surface area contributed by atoms with Crippen molar-refractivity contribution in [3.05, 3.63) is 29.8 Å².